The lowest BCUT2D eigenvalue weighted by atomic mass is 10.0. The van der Waals surface area contributed by atoms with E-state index in [0.717, 1.165) is 17.7 Å². The molecule has 1 unspecified atom stereocenters. The largest absolute Gasteiger partial charge is 0.496 e. The molecule has 4 aromatic rings. The van der Waals surface area contributed by atoms with Crippen LogP contribution < -0.4 is 10.1 Å². The summed E-state index contributed by atoms with van der Waals surface area (Å²) in [5, 5.41) is 6.64. The molecule has 204 valence electrons. The molecule has 5 rings (SSSR count). The van der Waals surface area contributed by atoms with Crippen molar-refractivity contribution in [2.24, 2.45) is 0 Å². The molecule has 1 aliphatic heterocycles. The summed E-state index contributed by atoms with van der Waals surface area (Å²) in [6.07, 6.45) is 0. The highest BCUT2D eigenvalue weighted by molar-refractivity contribution is 7.10. The molecule has 1 saturated heterocycles. The Morgan fingerprint density at radius 1 is 1.18 bits per heavy atom. The Morgan fingerprint density at radius 2 is 1.95 bits per heavy atom. The Hall–Kier alpha value is -3.53. The second kappa shape index (κ2) is 11.7. The summed E-state index contributed by atoms with van der Waals surface area (Å²) in [6.45, 7) is 7.11. The van der Waals surface area contributed by atoms with E-state index in [9.17, 15) is 4.79 Å². The zero-order valence-electron chi connectivity index (χ0n) is 23.2. The number of nitrogens with zero attached hydrogens (tertiary/aromatic N) is 4. The zero-order valence-corrected chi connectivity index (χ0v) is 24.0. The fourth-order valence-electron chi connectivity index (χ4n) is 4.93. The number of carbonyl (C=O) groups excluding carboxylic acids is 1. The second-order valence-corrected chi connectivity index (χ2v) is 11.0. The molecule has 1 aliphatic rings. The number of aryl methyl sites for hydroxylation is 1. The van der Waals surface area contributed by atoms with Gasteiger partial charge in [-0.25, -0.2) is 9.97 Å². The molecule has 1 amide bonds. The van der Waals surface area contributed by atoms with Gasteiger partial charge in [-0.15, -0.1) is 11.3 Å². The molecule has 1 N–H and O–H groups in total. The number of amides is 1. The predicted molar refractivity (Wildman–Crippen MR) is 157 cm³/mol. The van der Waals surface area contributed by atoms with Crippen LogP contribution in [-0.4, -0.2) is 73.2 Å². The maximum Gasteiger partial charge on any atom is 0.257 e. The van der Waals surface area contributed by atoms with Gasteiger partial charge < -0.3 is 24.6 Å². The first-order chi connectivity index (χ1) is 18.8. The lowest BCUT2D eigenvalue weighted by Crippen LogP contribution is -2.40. The summed E-state index contributed by atoms with van der Waals surface area (Å²) in [4.78, 5) is 27.9. The van der Waals surface area contributed by atoms with E-state index in [1.165, 1.54) is 21.6 Å². The van der Waals surface area contributed by atoms with Gasteiger partial charge in [0.05, 0.1) is 37.4 Å². The number of methoxy groups -OCH3 is 1. The molecule has 39 heavy (non-hydrogen) atoms. The van der Waals surface area contributed by atoms with Crippen LogP contribution in [0.5, 0.6) is 5.75 Å². The zero-order chi connectivity index (χ0) is 27.5. The van der Waals surface area contributed by atoms with Gasteiger partial charge in [0, 0.05) is 29.9 Å². The number of morpholine rings is 1. The van der Waals surface area contributed by atoms with Gasteiger partial charge in [-0.05, 0) is 68.2 Å². The minimum atomic E-state index is -0.0724. The van der Waals surface area contributed by atoms with E-state index in [-0.39, 0.29) is 11.9 Å². The van der Waals surface area contributed by atoms with Gasteiger partial charge in [0.1, 0.15) is 17.4 Å². The third kappa shape index (κ3) is 5.90. The lowest BCUT2D eigenvalue weighted by Gasteiger charge is -2.27. The van der Waals surface area contributed by atoms with Gasteiger partial charge in [0.2, 0.25) is 0 Å². The average molecular weight is 546 g/mol. The van der Waals surface area contributed by atoms with Crippen molar-refractivity contribution in [3.63, 3.8) is 0 Å². The van der Waals surface area contributed by atoms with Crippen molar-refractivity contribution in [3.8, 4) is 16.9 Å². The van der Waals surface area contributed by atoms with Gasteiger partial charge in [-0.1, -0.05) is 24.3 Å². The van der Waals surface area contributed by atoms with Crippen LogP contribution in [0.2, 0.25) is 0 Å². The van der Waals surface area contributed by atoms with Gasteiger partial charge >= 0.3 is 0 Å². The summed E-state index contributed by atoms with van der Waals surface area (Å²) in [6, 6.07) is 14.5. The van der Waals surface area contributed by atoms with Crippen LogP contribution in [0.1, 0.15) is 39.6 Å². The van der Waals surface area contributed by atoms with Gasteiger partial charge in [0.15, 0.2) is 0 Å². The summed E-state index contributed by atoms with van der Waals surface area (Å²) < 4.78 is 11.1. The van der Waals surface area contributed by atoms with Crippen LogP contribution in [0.3, 0.4) is 0 Å². The van der Waals surface area contributed by atoms with Crippen LogP contribution in [-0.2, 0) is 11.3 Å². The quantitative estimate of drug-likeness (QED) is 0.318. The second-order valence-electron chi connectivity index (χ2n) is 10.1. The fourth-order valence-corrected chi connectivity index (χ4v) is 5.85. The first-order valence-corrected chi connectivity index (χ1v) is 14.0. The number of carbonyl (C=O) groups is 1. The Balaban J connectivity index is 1.44. The fraction of sp³-hybridized carbons (Fsp3) is 0.367. The van der Waals surface area contributed by atoms with E-state index in [1.54, 1.807) is 23.3 Å². The van der Waals surface area contributed by atoms with Crippen molar-refractivity contribution in [2.75, 3.05) is 52.8 Å². The van der Waals surface area contributed by atoms with Crippen molar-refractivity contribution in [3.05, 3.63) is 69.7 Å². The molecule has 1 fully saturated rings. The Kier molecular flexibility index (Phi) is 8.11. The van der Waals surface area contributed by atoms with Crippen molar-refractivity contribution in [2.45, 2.75) is 26.4 Å². The van der Waals surface area contributed by atoms with Crippen molar-refractivity contribution >= 4 is 34.0 Å². The number of fused-ring (bicyclic) bond motifs is 1. The molecule has 0 saturated carbocycles. The number of thiophene rings is 1. The Bertz CT molecular complexity index is 1480. The number of ether oxygens (including phenoxy) is 2. The lowest BCUT2D eigenvalue weighted by molar-refractivity contribution is 0.0301. The SMILES string of the molecule is COc1cc2c(NC(C)c3cc(-c4ccccc4CN(C)C)cs3)nc(C)nc2cc1C(=O)N1CCOCC1. The van der Waals surface area contributed by atoms with Gasteiger partial charge in [-0.3, -0.25) is 4.79 Å². The monoisotopic (exact) mass is 545 g/mol. The van der Waals surface area contributed by atoms with Crippen molar-refractivity contribution < 1.29 is 14.3 Å². The number of hydrogen-bond acceptors (Lipinski definition) is 8. The van der Waals surface area contributed by atoms with Crippen molar-refractivity contribution in [1.29, 1.82) is 0 Å². The van der Waals surface area contributed by atoms with Crippen LogP contribution in [0, 0.1) is 6.92 Å². The van der Waals surface area contributed by atoms with E-state index < -0.39 is 0 Å². The number of anilines is 1. The van der Waals surface area contributed by atoms with Gasteiger partial charge in [0.25, 0.3) is 5.91 Å². The van der Waals surface area contributed by atoms with E-state index in [1.807, 2.05) is 19.1 Å². The first kappa shape index (κ1) is 27.1. The molecule has 8 nitrogen and oxygen atoms in total. The normalized spacial score (nSPS) is 14.6. The molecule has 2 aromatic heterocycles. The minimum absolute atomic E-state index is 0.0166. The number of hydrogen-bond donors (Lipinski definition) is 1. The average Bonchev–Trinajstić information content (AvgIpc) is 3.43. The van der Waals surface area contributed by atoms with Crippen LogP contribution in [0.15, 0.2) is 47.8 Å². The van der Waals surface area contributed by atoms with E-state index in [0.29, 0.717) is 49.0 Å². The first-order valence-electron chi connectivity index (χ1n) is 13.2. The topological polar surface area (TPSA) is 79.8 Å². The van der Waals surface area contributed by atoms with Crippen LogP contribution in [0.25, 0.3) is 22.0 Å². The maximum atomic E-state index is 13.3. The van der Waals surface area contributed by atoms with E-state index in [2.05, 4.69) is 71.9 Å². The Morgan fingerprint density at radius 3 is 2.69 bits per heavy atom. The summed E-state index contributed by atoms with van der Waals surface area (Å²) >= 11 is 1.73. The number of aromatic nitrogens is 2. The number of nitrogens with one attached hydrogen (secondary N) is 1. The molecule has 1 atom stereocenters. The highest BCUT2D eigenvalue weighted by Gasteiger charge is 2.24. The smallest absolute Gasteiger partial charge is 0.257 e. The van der Waals surface area contributed by atoms with Crippen molar-refractivity contribution in [1.82, 2.24) is 19.8 Å². The van der Waals surface area contributed by atoms with Crippen LogP contribution >= 0.6 is 11.3 Å². The maximum absolute atomic E-state index is 13.3. The highest BCUT2D eigenvalue weighted by atomic mass is 32.1. The standard InChI is InChI=1S/C30H35N5O3S/c1-19(28-14-22(18-39-28)23-9-7-6-8-21(23)17-34(3)4)31-29-24-16-27(37-5)25(15-26(24)32-20(2)33-29)30(36)35-10-12-38-13-11-35/h6-9,14-16,18-19H,10-13,17H2,1-5H3,(H,31,32,33). The Labute approximate surface area is 233 Å². The molecule has 3 heterocycles. The van der Waals surface area contributed by atoms with E-state index in [4.69, 9.17) is 14.5 Å². The number of benzene rings is 2. The predicted octanol–water partition coefficient (Wildman–Crippen LogP) is 5.38. The number of rotatable bonds is 8. The van der Waals surface area contributed by atoms with Gasteiger partial charge in [-0.2, -0.15) is 0 Å². The summed E-state index contributed by atoms with van der Waals surface area (Å²) in [5.74, 6) is 1.79. The molecular weight excluding hydrogens is 510 g/mol. The molecule has 0 spiro atoms. The molecule has 2 aromatic carbocycles. The molecular formula is C30H35N5O3S. The third-order valence-corrected chi connectivity index (χ3v) is 7.99. The molecule has 0 radical (unpaired) electrons. The molecule has 0 bridgehead atoms. The summed E-state index contributed by atoms with van der Waals surface area (Å²) in [7, 11) is 5.77. The van der Waals surface area contributed by atoms with E-state index >= 15 is 0 Å². The molecule has 9 heteroatoms. The minimum Gasteiger partial charge on any atom is -0.496 e. The van der Waals surface area contributed by atoms with Crippen LogP contribution in [0.4, 0.5) is 5.82 Å². The third-order valence-electron chi connectivity index (χ3n) is 6.87. The highest BCUT2D eigenvalue weighted by Crippen LogP contribution is 2.35. The molecule has 0 aliphatic carbocycles. The summed E-state index contributed by atoms with van der Waals surface area (Å²) in [5.41, 5.74) is 4.99.